The highest BCUT2D eigenvalue weighted by molar-refractivity contribution is 5.77. The number of hydrogen-bond acceptors (Lipinski definition) is 9. The van der Waals surface area contributed by atoms with E-state index in [9.17, 15) is 9.90 Å². The molecule has 2 rings (SSSR count). The third-order valence-corrected chi connectivity index (χ3v) is 3.70. The lowest BCUT2D eigenvalue weighted by atomic mass is 10.2. The highest BCUT2D eigenvalue weighted by atomic mass is 16.5. The molecule has 6 N–H and O–H groups in total. The van der Waals surface area contributed by atoms with E-state index in [1.54, 1.807) is 19.1 Å². The van der Waals surface area contributed by atoms with Gasteiger partial charge in [-0.2, -0.15) is 0 Å². The molecule has 0 saturated heterocycles. The number of amides is 1. The molecule has 0 aliphatic rings. The SMILES string of the molecule is Cc1ccccc1OCC(O)CNC(C)NC(=O)COc1ccc(NN)nn1. The lowest BCUT2D eigenvalue weighted by Gasteiger charge is -2.19. The highest BCUT2D eigenvalue weighted by Crippen LogP contribution is 2.16. The van der Waals surface area contributed by atoms with Crippen LogP contribution in [-0.2, 0) is 4.79 Å². The van der Waals surface area contributed by atoms with Gasteiger partial charge in [0.05, 0.1) is 6.17 Å². The van der Waals surface area contributed by atoms with Crippen LogP contribution in [0.25, 0.3) is 0 Å². The third kappa shape index (κ3) is 7.35. The minimum absolute atomic E-state index is 0.147. The molecule has 10 nitrogen and oxygen atoms in total. The third-order valence-electron chi connectivity index (χ3n) is 3.70. The van der Waals surface area contributed by atoms with Crippen LogP contribution >= 0.6 is 0 Å². The number of rotatable bonds is 11. The first-order valence-corrected chi connectivity index (χ1v) is 8.80. The number of aliphatic hydroxyl groups is 1. The van der Waals surface area contributed by atoms with Crippen molar-refractivity contribution in [2.75, 3.05) is 25.2 Å². The molecule has 2 unspecified atom stereocenters. The Labute approximate surface area is 163 Å². The minimum Gasteiger partial charge on any atom is -0.491 e. The monoisotopic (exact) mass is 390 g/mol. The topological polar surface area (TPSA) is 144 Å². The van der Waals surface area contributed by atoms with Crippen LogP contribution in [-0.4, -0.2) is 53.2 Å². The van der Waals surface area contributed by atoms with Crippen molar-refractivity contribution >= 4 is 11.7 Å². The molecule has 1 aromatic heterocycles. The van der Waals surface area contributed by atoms with Crippen LogP contribution in [0.15, 0.2) is 36.4 Å². The van der Waals surface area contributed by atoms with Crippen LogP contribution in [0.1, 0.15) is 12.5 Å². The van der Waals surface area contributed by atoms with Crippen molar-refractivity contribution in [1.29, 1.82) is 0 Å². The fourth-order valence-corrected chi connectivity index (χ4v) is 2.22. The molecular weight excluding hydrogens is 364 g/mol. The number of anilines is 1. The largest absolute Gasteiger partial charge is 0.491 e. The summed E-state index contributed by atoms with van der Waals surface area (Å²) in [7, 11) is 0. The average molecular weight is 390 g/mol. The Bertz CT molecular complexity index is 743. The zero-order valence-corrected chi connectivity index (χ0v) is 15.9. The second-order valence-corrected chi connectivity index (χ2v) is 6.12. The molecule has 10 heteroatoms. The first kappa shape index (κ1) is 21.4. The molecule has 0 fully saturated rings. The van der Waals surface area contributed by atoms with Gasteiger partial charge in [0.15, 0.2) is 12.4 Å². The van der Waals surface area contributed by atoms with Crippen molar-refractivity contribution in [3.05, 3.63) is 42.0 Å². The standard InChI is InChI=1S/C18H26N6O4/c1-12-5-3-4-6-15(12)27-10-14(25)9-20-13(2)21-17(26)11-28-18-8-7-16(22-19)23-24-18/h3-8,13-14,20,25H,9-11,19H2,1-2H3,(H,21,26)(H,22,23). The number of nitrogens with one attached hydrogen (secondary N) is 3. The first-order chi connectivity index (χ1) is 13.5. The lowest BCUT2D eigenvalue weighted by molar-refractivity contribution is -0.124. The number of nitrogen functional groups attached to an aromatic ring is 1. The van der Waals surface area contributed by atoms with E-state index in [4.69, 9.17) is 15.3 Å². The van der Waals surface area contributed by atoms with E-state index < -0.39 is 6.10 Å². The van der Waals surface area contributed by atoms with Gasteiger partial charge in [-0.3, -0.25) is 10.1 Å². The summed E-state index contributed by atoms with van der Waals surface area (Å²) < 4.78 is 10.8. The van der Waals surface area contributed by atoms with Gasteiger partial charge >= 0.3 is 0 Å². The predicted octanol–water partition coefficient (Wildman–Crippen LogP) is -0.0589. The molecule has 0 saturated carbocycles. The van der Waals surface area contributed by atoms with Crippen LogP contribution < -0.4 is 31.4 Å². The molecule has 2 atom stereocenters. The first-order valence-electron chi connectivity index (χ1n) is 8.80. The molecule has 1 aromatic carbocycles. The number of hydrazine groups is 1. The second kappa shape index (κ2) is 11.0. The van der Waals surface area contributed by atoms with Gasteiger partial charge in [-0.25, -0.2) is 5.84 Å². The Kier molecular flexibility index (Phi) is 8.40. The van der Waals surface area contributed by atoms with Crippen LogP contribution in [0.3, 0.4) is 0 Å². The van der Waals surface area contributed by atoms with Crippen molar-refractivity contribution in [2.24, 2.45) is 5.84 Å². The van der Waals surface area contributed by atoms with E-state index in [2.05, 4.69) is 26.3 Å². The van der Waals surface area contributed by atoms with E-state index in [1.165, 1.54) is 0 Å². The number of benzene rings is 1. The molecule has 0 spiro atoms. The molecule has 0 aliphatic carbocycles. The number of aromatic nitrogens is 2. The highest BCUT2D eigenvalue weighted by Gasteiger charge is 2.11. The molecule has 1 heterocycles. The maximum absolute atomic E-state index is 11.9. The molecular formula is C18H26N6O4. The normalized spacial score (nSPS) is 12.7. The van der Waals surface area contributed by atoms with Crippen molar-refractivity contribution in [3.8, 4) is 11.6 Å². The number of carbonyl (C=O) groups excluding carboxylic acids is 1. The molecule has 28 heavy (non-hydrogen) atoms. The number of aliphatic hydroxyl groups excluding tert-OH is 1. The van der Waals surface area contributed by atoms with Gasteiger partial charge in [-0.15, -0.1) is 10.2 Å². The zero-order chi connectivity index (χ0) is 20.4. The second-order valence-electron chi connectivity index (χ2n) is 6.12. The van der Waals surface area contributed by atoms with Crippen molar-refractivity contribution in [3.63, 3.8) is 0 Å². The maximum atomic E-state index is 11.9. The summed E-state index contributed by atoms with van der Waals surface area (Å²) in [5.41, 5.74) is 3.34. The molecule has 152 valence electrons. The fourth-order valence-electron chi connectivity index (χ4n) is 2.22. The van der Waals surface area contributed by atoms with Crippen LogP contribution in [0, 0.1) is 6.92 Å². The van der Waals surface area contributed by atoms with Crippen molar-refractivity contribution < 1.29 is 19.4 Å². The van der Waals surface area contributed by atoms with Gasteiger partial charge in [0.25, 0.3) is 5.91 Å². The Morgan fingerprint density at radius 3 is 2.68 bits per heavy atom. The Balaban J connectivity index is 1.63. The fraction of sp³-hybridized carbons (Fsp3) is 0.389. The van der Waals surface area contributed by atoms with Gasteiger partial charge in [0, 0.05) is 12.6 Å². The van der Waals surface area contributed by atoms with Crippen LogP contribution in [0.2, 0.25) is 0 Å². The number of ether oxygens (including phenoxy) is 2. The summed E-state index contributed by atoms with van der Waals surface area (Å²) in [4.78, 5) is 11.9. The molecule has 2 aromatic rings. The molecule has 1 amide bonds. The van der Waals surface area contributed by atoms with Crippen LogP contribution in [0.4, 0.5) is 5.82 Å². The van der Waals surface area contributed by atoms with E-state index in [0.29, 0.717) is 5.82 Å². The van der Waals surface area contributed by atoms with Gasteiger partial charge in [-0.05, 0) is 31.5 Å². The van der Waals surface area contributed by atoms with Gasteiger partial charge in [0.2, 0.25) is 5.88 Å². The predicted molar refractivity (Wildman–Crippen MR) is 104 cm³/mol. The maximum Gasteiger partial charge on any atom is 0.259 e. The zero-order valence-electron chi connectivity index (χ0n) is 15.9. The van der Waals surface area contributed by atoms with Gasteiger partial charge < -0.3 is 25.3 Å². The summed E-state index contributed by atoms with van der Waals surface area (Å²) in [6.45, 7) is 3.89. The summed E-state index contributed by atoms with van der Waals surface area (Å²) in [5, 5.41) is 23.2. The summed E-state index contributed by atoms with van der Waals surface area (Å²) in [6, 6.07) is 10.7. The minimum atomic E-state index is -0.722. The summed E-state index contributed by atoms with van der Waals surface area (Å²) in [5.74, 6) is 6.18. The molecule has 0 aliphatic heterocycles. The van der Waals surface area contributed by atoms with Crippen molar-refractivity contribution in [1.82, 2.24) is 20.8 Å². The number of nitrogens with zero attached hydrogens (tertiary/aromatic N) is 2. The van der Waals surface area contributed by atoms with Gasteiger partial charge in [0.1, 0.15) is 18.5 Å². The number of hydrogen-bond donors (Lipinski definition) is 5. The van der Waals surface area contributed by atoms with Crippen LogP contribution in [0.5, 0.6) is 11.6 Å². The Hall–Kier alpha value is -2.95. The average Bonchev–Trinajstić information content (AvgIpc) is 2.70. The smallest absolute Gasteiger partial charge is 0.259 e. The molecule has 0 radical (unpaired) electrons. The van der Waals surface area contributed by atoms with E-state index in [0.717, 1.165) is 11.3 Å². The van der Waals surface area contributed by atoms with Gasteiger partial charge in [-0.1, -0.05) is 18.2 Å². The van der Waals surface area contributed by atoms with E-state index in [1.807, 2.05) is 31.2 Å². The quantitative estimate of drug-likeness (QED) is 0.202. The summed E-state index contributed by atoms with van der Waals surface area (Å²) in [6.07, 6.45) is -1.08. The number of nitrogens with two attached hydrogens (primary N) is 1. The van der Waals surface area contributed by atoms with E-state index in [-0.39, 0.29) is 37.7 Å². The number of para-hydroxylation sites is 1. The van der Waals surface area contributed by atoms with Crippen molar-refractivity contribution in [2.45, 2.75) is 26.1 Å². The number of aryl methyl sites for hydroxylation is 1. The number of carbonyl (C=O) groups is 1. The van der Waals surface area contributed by atoms with E-state index >= 15 is 0 Å². The summed E-state index contributed by atoms with van der Waals surface area (Å²) >= 11 is 0. The lowest BCUT2D eigenvalue weighted by Crippen LogP contribution is -2.47. The molecule has 0 bridgehead atoms. The Morgan fingerprint density at radius 1 is 1.21 bits per heavy atom. The Morgan fingerprint density at radius 2 is 2.00 bits per heavy atom.